The molecule has 0 bridgehead atoms. The monoisotopic (exact) mass is 386 g/mol. The SMILES string of the molecule is CCOC(=O)CCc1c[nH]c(CNC(=O)Cc2ccccc2)c1CC(=O)OC. The molecule has 150 valence electrons. The molecule has 2 N–H and O–H groups in total. The summed E-state index contributed by atoms with van der Waals surface area (Å²) in [5.74, 6) is -0.780. The Labute approximate surface area is 164 Å². The molecule has 2 rings (SSSR count). The number of amides is 1. The first-order valence-corrected chi connectivity index (χ1v) is 9.24. The molecule has 0 saturated heterocycles. The van der Waals surface area contributed by atoms with Crippen molar-refractivity contribution in [2.75, 3.05) is 13.7 Å². The maximum Gasteiger partial charge on any atom is 0.310 e. The van der Waals surface area contributed by atoms with Gasteiger partial charge in [-0.1, -0.05) is 30.3 Å². The molecule has 2 aromatic rings. The van der Waals surface area contributed by atoms with Crippen LogP contribution in [0.25, 0.3) is 0 Å². The van der Waals surface area contributed by atoms with Gasteiger partial charge >= 0.3 is 11.9 Å². The molecule has 0 atom stereocenters. The molecule has 0 aliphatic heterocycles. The average molecular weight is 386 g/mol. The Hall–Kier alpha value is -3.09. The van der Waals surface area contributed by atoms with Crippen LogP contribution in [0.15, 0.2) is 36.5 Å². The molecule has 0 fully saturated rings. The highest BCUT2D eigenvalue weighted by atomic mass is 16.5. The first kappa shape index (κ1) is 21.2. The predicted octanol–water partition coefficient (Wildman–Crippen LogP) is 2.08. The van der Waals surface area contributed by atoms with Crippen molar-refractivity contribution in [3.63, 3.8) is 0 Å². The van der Waals surface area contributed by atoms with E-state index in [-0.39, 0.29) is 43.7 Å². The average Bonchev–Trinajstić information content (AvgIpc) is 3.07. The van der Waals surface area contributed by atoms with Crippen molar-refractivity contribution < 1.29 is 23.9 Å². The number of ether oxygens (including phenoxy) is 2. The Morgan fingerprint density at radius 3 is 2.50 bits per heavy atom. The number of aromatic amines is 1. The van der Waals surface area contributed by atoms with Gasteiger partial charge in [-0.25, -0.2) is 0 Å². The van der Waals surface area contributed by atoms with E-state index in [1.54, 1.807) is 13.1 Å². The first-order valence-electron chi connectivity index (χ1n) is 9.24. The minimum absolute atomic E-state index is 0.0715. The zero-order valence-electron chi connectivity index (χ0n) is 16.2. The summed E-state index contributed by atoms with van der Waals surface area (Å²) >= 11 is 0. The molecule has 28 heavy (non-hydrogen) atoms. The van der Waals surface area contributed by atoms with E-state index < -0.39 is 0 Å². The highest BCUT2D eigenvalue weighted by Crippen LogP contribution is 2.18. The molecule has 0 aliphatic rings. The van der Waals surface area contributed by atoms with Gasteiger partial charge in [0, 0.05) is 18.3 Å². The molecule has 0 spiro atoms. The van der Waals surface area contributed by atoms with E-state index in [1.165, 1.54) is 7.11 Å². The van der Waals surface area contributed by atoms with E-state index in [4.69, 9.17) is 9.47 Å². The largest absolute Gasteiger partial charge is 0.469 e. The van der Waals surface area contributed by atoms with Crippen LogP contribution >= 0.6 is 0 Å². The zero-order valence-corrected chi connectivity index (χ0v) is 16.2. The molecule has 1 amide bonds. The number of aromatic nitrogens is 1. The van der Waals surface area contributed by atoms with Crippen LogP contribution in [0.5, 0.6) is 0 Å². The minimum atomic E-state index is -0.381. The number of aryl methyl sites for hydroxylation is 1. The fourth-order valence-electron chi connectivity index (χ4n) is 2.86. The lowest BCUT2D eigenvalue weighted by Gasteiger charge is -2.09. The Kier molecular flexibility index (Phi) is 8.27. The van der Waals surface area contributed by atoms with Crippen molar-refractivity contribution in [1.82, 2.24) is 10.3 Å². The topological polar surface area (TPSA) is 97.5 Å². The van der Waals surface area contributed by atoms with Gasteiger partial charge in [0.1, 0.15) is 0 Å². The van der Waals surface area contributed by atoms with Gasteiger partial charge in [0.15, 0.2) is 0 Å². The van der Waals surface area contributed by atoms with E-state index in [1.807, 2.05) is 30.3 Å². The summed E-state index contributed by atoms with van der Waals surface area (Å²) in [6.07, 6.45) is 2.78. The van der Waals surface area contributed by atoms with Crippen LogP contribution in [0, 0.1) is 0 Å². The van der Waals surface area contributed by atoms with Crippen molar-refractivity contribution in [2.45, 2.75) is 39.2 Å². The predicted molar refractivity (Wildman–Crippen MR) is 103 cm³/mol. The summed E-state index contributed by atoms with van der Waals surface area (Å²) in [5.41, 5.74) is 3.24. The summed E-state index contributed by atoms with van der Waals surface area (Å²) in [6.45, 7) is 2.35. The van der Waals surface area contributed by atoms with E-state index in [2.05, 4.69) is 10.3 Å². The summed E-state index contributed by atoms with van der Waals surface area (Å²) in [4.78, 5) is 38.7. The Balaban J connectivity index is 2.02. The van der Waals surface area contributed by atoms with E-state index >= 15 is 0 Å². The number of methoxy groups -OCH3 is 1. The number of H-pyrrole nitrogens is 1. The van der Waals surface area contributed by atoms with Crippen molar-refractivity contribution >= 4 is 17.8 Å². The third kappa shape index (κ3) is 6.57. The van der Waals surface area contributed by atoms with Gasteiger partial charge in [0.25, 0.3) is 0 Å². The number of hydrogen-bond acceptors (Lipinski definition) is 5. The van der Waals surface area contributed by atoms with Crippen molar-refractivity contribution in [2.24, 2.45) is 0 Å². The maximum absolute atomic E-state index is 12.2. The summed E-state index contributed by atoms with van der Waals surface area (Å²) in [6, 6.07) is 9.46. The summed E-state index contributed by atoms with van der Waals surface area (Å²) < 4.78 is 9.72. The lowest BCUT2D eigenvalue weighted by atomic mass is 10.0. The van der Waals surface area contributed by atoms with Crippen LogP contribution in [0.3, 0.4) is 0 Å². The van der Waals surface area contributed by atoms with E-state index in [0.717, 1.165) is 22.4 Å². The minimum Gasteiger partial charge on any atom is -0.469 e. The lowest BCUT2D eigenvalue weighted by Crippen LogP contribution is -2.25. The van der Waals surface area contributed by atoms with E-state index in [0.29, 0.717) is 13.0 Å². The standard InChI is InChI=1S/C21H26N2O5/c1-3-28-20(25)10-9-16-13-22-18(17(16)12-21(26)27-2)14-23-19(24)11-15-7-5-4-6-8-15/h4-8,13,22H,3,9-12,14H2,1-2H3,(H,23,24). The second kappa shape index (κ2) is 10.9. The number of hydrogen-bond donors (Lipinski definition) is 2. The zero-order chi connectivity index (χ0) is 20.4. The third-order valence-corrected chi connectivity index (χ3v) is 4.29. The van der Waals surface area contributed by atoms with Gasteiger partial charge < -0.3 is 19.8 Å². The Bertz CT molecular complexity index is 798. The van der Waals surface area contributed by atoms with Crippen LogP contribution in [0.4, 0.5) is 0 Å². The smallest absolute Gasteiger partial charge is 0.310 e. The van der Waals surface area contributed by atoms with Gasteiger partial charge in [0.05, 0.1) is 33.1 Å². The number of rotatable bonds is 10. The summed E-state index contributed by atoms with van der Waals surface area (Å²) in [7, 11) is 1.33. The van der Waals surface area contributed by atoms with Crippen LogP contribution in [0.1, 0.15) is 35.7 Å². The molecule has 1 aromatic carbocycles. The quantitative estimate of drug-likeness (QED) is 0.610. The molecule has 1 heterocycles. The molecule has 0 saturated carbocycles. The molecule has 0 radical (unpaired) electrons. The van der Waals surface area contributed by atoms with Gasteiger partial charge in [-0.05, 0) is 30.0 Å². The van der Waals surface area contributed by atoms with Gasteiger partial charge in [-0.3, -0.25) is 14.4 Å². The number of carbonyl (C=O) groups excluding carboxylic acids is 3. The third-order valence-electron chi connectivity index (χ3n) is 4.29. The molecule has 0 unspecified atom stereocenters. The molecule has 1 aromatic heterocycles. The fraction of sp³-hybridized carbons (Fsp3) is 0.381. The van der Waals surface area contributed by atoms with Crippen LogP contribution in [0.2, 0.25) is 0 Å². The number of benzene rings is 1. The van der Waals surface area contributed by atoms with Gasteiger partial charge in [0.2, 0.25) is 5.91 Å². The first-order chi connectivity index (χ1) is 13.5. The van der Waals surface area contributed by atoms with Crippen LogP contribution in [-0.4, -0.2) is 36.5 Å². The number of nitrogens with one attached hydrogen (secondary N) is 2. The normalized spacial score (nSPS) is 10.4. The van der Waals surface area contributed by atoms with Gasteiger partial charge in [-0.2, -0.15) is 0 Å². The molecular formula is C21H26N2O5. The Morgan fingerprint density at radius 1 is 1.07 bits per heavy atom. The van der Waals surface area contributed by atoms with Crippen molar-refractivity contribution in [3.8, 4) is 0 Å². The van der Waals surface area contributed by atoms with Crippen molar-refractivity contribution in [3.05, 3.63) is 58.9 Å². The lowest BCUT2D eigenvalue weighted by molar-refractivity contribution is -0.143. The molecule has 7 heteroatoms. The highest BCUT2D eigenvalue weighted by Gasteiger charge is 2.17. The van der Waals surface area contributed by atoms with Crippen LogP contribution < -0.4 is 5.32 Å². The Morgan fingerprint density at radius 2 is 1.82 bits per heavy atom. The molecular weight excluding hydrogens is 360 g/mol. The van der Waals surface area contributed by atoms with Crippen LogP contribution in [-0.2, 0) is 49.7 Å². The number of esters is 2. The van der Waals surface area contributed by atoms with E-state index in [9.17, 15) is 14.4 Å². The second-order valence-electron chi connectivity index (χ2n) is 6.27. The number of carbonyl (C=O) groups is 3. The second-order valence-corrected chi connectivity index (χ2v) is 6.27. The highest BCUT2D eigenvalue weighted by molar-refractivity contribution is 5.78. The molecule has 0 aliphatic carbocycles. The van der Waals surface area contributed by atoms with Crippen molar-refractivity contribution in [1.29, 1.82) is 0 Å². The summed E-state index contributed by atoms with van der Waals surface area (Å²) in [5, 5.41) is 2.86. The maximum atomic E-state index is 12.2. The van der Waals surface area contributed by atoms with Gasteiger partial charge in [-0.15, -0.1) is 0 Å². The fourth-order valence-corrected chi connectivity index (χ4v) is 2.86. The molecule has 7 nitrogen and oxygen atoms in total.